The van der Waals surface area contributed by atoms with Crippen molar-refractivity contribution in [3.05, 3.63) is 45.9 Å². The van der Waals surface area contributed by atoms with Gasteiger partial charge in [0.1, 0.15) is 5.75 Å². The second-order valence-corrected chi connectivity index (χ2v) is 8.08. The Labute approximate surface area is 158 Å². The van der Waals surface area contributed by atoms with Crippen LogP contribution >= 0.6 is 11.3 Å². The molecule has 3 aliphatic rings. The molecule has 3 fully saturated rings. The van der Waals surface area contributed by atoms with Crippen LogP contribution in [0.4, 0.5) is 0 Å². The van der Waals surface area contributed by atoms with E-state index in [1.54, 1.807) is 18.4 Å². The van der Waals surface area contributed by atoms with Crippen LogP contribution in [0.15, 0.2) is 29.1 Å². The zero-order valence-corrected chi connectivity index (χ0v) is 16.2. The smallest absolute Gasteiger partial charge is 0.227 e. The van der Waals surface area contributed by atoms with Gasteiger partial charge in [0.25, 0.3) is 0 Å². The Morgan fingerprint density at radius 3 is 2.88 bits per heavy atom. The summed E-state index contributed by atoms with van der Waals surface area (Å²) in [6, 6.07) is 6.55. The van der Waals surface area contributed by atoms with Crippen LogP contribution in [0.25, 0.3) is 0 Å². The second kappa shape index (κ2) is 7.37. The van der Waals surface area contributed by atoms with E-state index in [9.17, 15) is 4.79 Å². The maximum Gasteiger partial charge on any atom is 0.227 e. The Bertz CT molecular complexity index is 777. The van der Waals surface area contributed by atoms with Gasteiger partial charge in [0, 0.05) is 31.1 Å². The minimum atomic E-state index is 0.117. The number of rotatable bonds is 5. The molecule has 2 aromatic rings. The van der Waals surface area contributed by atoms with Crippen molar-refractivity contribution in [3.8, 4) is 5.75 Å². The predicted octanol–water partition coefficient (Wildman–Crippen LogP) is 3.08. The predicted molar refractivity (Wildman–Crippen MR) is 102 cm³/mol. The monoisotopic (exact) mass is 371 g/mol. The van der Waals surface area contributed by atoms with Crippen molar-refractivity contribution in [2.45, 2.75) is 38.9 Å². The van der Waals surface area contributed by atoms with Gasteiger partial charge in [-0.1, -0.05) is 6.07 Å². The molecule has 1 amide bonds. The largest absolute Gasteiger partial charge is 0.497 e. The van der Waals surface area contributed by atoms with Gasteiger partial charge in [0.15, 0.2) is 0 Å². The van der Waals surface area contributed by atoms with E-state index in [0.717, 1.165) is 43.9 Å². The van der Waals surface area contributed by atoms with Crippen LogP contribution in [-0.2, 0) is 17.9 Å². The van der Waals surface area contributed by atoms with Crippen LogP contribution in [0.2, 0.25) is 0 Å². The average Bonchev–Trinajstić information content (AvgIpc) is 3.02. The second-order valence-electron chi connectivity index (χ2n) is 7.36. The molecule has 0 aliphatic carbocycles. The topological polar surface area (TPSA) is 45.7 Å². The summed E-state index contributed by atoms with van der Waals surface area (Å²) in [7, 11) is 1.70. The van der Waals surface area contributed by atoms with E-state index in [-0.39, 0.29) is 5.92 Å². The SMILES string of the molecule is COc1ccc(CN2C[C@H]3CC[C@@H](C2)N(Cc2cscn2)C3=O)c(C)c1. The van der Waals surface area contributed by atoms with Crippen molar-refractivity contribution in [2.24, 2.45) is 5.92 Å². The number of thiazole rings is 1. The van der Waals surface area contributed by atoms with Crippen molar-refractivity contribution >= 4 is 17.2 Å². The summed E-state index contributed by atoms with van der Waals surface area (Å²) >= 11 is 1.59. The third-order valence-electron chi connectivity index (χ3n) is 5.63. The Kier molecular flexibility index (Phi) is 4.96. The Balaban J connectivity index is 1.50. The molecule has 0 saturated carbocycles. The normalized spacial score (nSPS) is 23.3. The molecule has 5 rings (SSSR count). The minimum absolute atomic E-state index is 0.117. The van der Waals surface area contributed by atoms with Gasteiger partial charge in [-0.2, -0.15) is 0 Å². The third kappa shape index (κ3) is 3.48. The molecule has 26 heavy (non-hydrogen) atoms. The summed E-state index contributed by atoms with van der Waals surface area (Å²) in [6.45, 7) is 5.47. The first-order valence-electron chi connectivity index (χ1n) is 9.17. The fourth-order valence-corrected chi connectivity index (χ4v) is 4.72. The highest BCUT2D eigenvalue weighted by molar-refractivity contribution is 7.07. The van der Waals surface area contributed by atoms with E-state index in [0.29, 0.717) is 18.5 Å². The van der Waals surface area contributed by atoms with Crippen molar-refractivity contribution in [2.75, 3.05) is 20.2 Å². The number of fused-ring (bicyclic) bond motifs is 4. The minimum Gasteiger partial charge on any atom is -0.497 e. The molecule has 0 N–H and O–H groups in total. The van der Waals surface area contributed by atoms with Crippen molar-refractivity contribution in [3.63, 3.8) is 0 Å². The number of hydrogen-bond acceptors (Lipinski definition) is 5. The maximum atomic E-state index is 12.9. The van der Waals surface area contributed by atoms with Gasteiger partial charge in [0.2, 0.25) is 5.91 Å². The fraction of sp³-hybridized carbons (Fsp3) is 0.500. The van der Waals surface area contributed by atoms with Crippen molar-refractivity contribution in [1.29, 1.82) is 0 Å². The van der Waals surface area contributed by atoms with E-state index in [4.69, 9.17) is 4.74 Å². The van der Waals surface area contributed by atoms with E-state index < -0.39 is 0 Å². The number of amides is 1. The van der Waals surface area contributed by atoms with Crippen LogP contribution < -0.4 is 4.74 Å². The number of hydrogen-bond donors (Lipinski definition) is 0. The highest BCUT2D eigenvalue weighted by Gasteiger charge is 2.40. The Morgan fingerprint density at radius 1 is 1.27 bits per heavy atom. The van der Waals surface area contributed by atoms with E-state index in [1.807, 2.05) is 17.0 Å². The molecule has 2 bridgehead atoms. The first kappa shape index (κ1) is 17.5. The summed E-state index contributed by atoms with van der Waals surface area (Å²) in [5.41, 5.74) is 5.40. The summed E-state index contributed by atoms with van der Waals surface area (Å²) in [5.74, 6) is 1.32. The first-order chi connectivity index (χ1) is 12.6. The number of nitrogens with zero attached hydrogens (tertiary/aromatic N) is 3. The lowest BCUT2D eigenvalue weighted by atomic mass is 9.94. The molecule has 6 heteroatoms. The van der Waals surface area contributed by atoms with Crippen LogP contribution in [0.3, 0.4) is 0 Å². The van der Waals surface area contributed by atoms with E-state index in [2.05, 4.69) is 33.8 Å². The standard InChI is InChI=1S/C20H25N3O2S/c1-14-7-19(25-2)6-4-15(14)8-22-9-16-3-5-18(11-22)23(20(16)24)10-17-12-26-13-21-17/h4,6-7,12-13,16,18H,3,5,8-11H2,1-2H3/t16-,18+/m1/s1. The number of carbonyl (C=O) groups excluding carboxylic acids is 1. The number of carbonyl (C=O) groups is 1. The number of methoxy groups -OCH3 is 1. The molecule has 4 heterocycles. The molecule has 1 aromatic heterocycles. The number of piperidine rings is 1. The summed E-state index contributed by atoms with van der Waals surface area (Å²) in [5, 5.41) is 2.05. The molecule has 0 unspecified atom stereocenters. The van der Waals surface area contributed by atoms with E-state index in [1.165, 1.54) is 11.1 Å². The maximum absolute atomic E-state index is 12.9. The van der Waals surface area contributed by atoms with Gasteiger partial charge in [-0.15, -0.1) is 11.3 Å². The number of aromatic nitrogens is 1. The number of benzene rings is 1. The van der Waals surface area contributed by atoms with E-state index >= 15 is 0 Å². The highest BCUT2D eigenvalue weighted by Crippen LogP contribution is 2.31. The zero-order chi connectivity index (χ0) is 18.1. The quantitative estimate of drug-likeness (QED) is 0.810. The lowest BCUT2D eigenvalue weighted by Crippen LogP contribution is -2.47. The van der Waals surface area contributed by atoms with Crippen LogP contribution in [0.5, 0.6) is 5.75 Å². The first-order valence-corrected chi connectivity index (χ1v) is 10.1. The molecule has 5 nitrogen and oxygen atoms in total. The molecular formula is C20H25N3O2S. The molecule has 2 atom stereocenters. The number of ether oxygens (including phenoxy) is 1. The lowest BCUT2D eigenvalue weighted by Gasteiger charge is -2.35. The van der Waals surface area contributed by atoms with Gasteiger partial charge in [-0.25, -0.2) is 4.98 Å². The third-order valence-corrected chi connectivity index (χ3v) is 6.26. The molecule has 3 aliphatic heterocycles. The molecule has 138 valence electrons. The van der Waals surface area contributed by atoms with Crippen molar-refractivity contribution in [1.82, 2.24) is 14.8 Å². The molecule has 0 radical (unpaired) electrons. The summed E-state index contributed by atoms with van der Waals surface area (Å²) in [4.78, 5) is 21.8. The molecule has 1 aromatic carbocycles. The van der Waals surface area contributed by atoms with Gasteiger partial charge >= 0.3 is 0 Å². The van der Waals surface area contributed by atoms with Gasteiger partial charge in [-0.3, -0.25) is 9.69 Å². The molecule has 3 saturated heterocycles. The zero-order valence-electron chi connectivity index (χ0n) is 15.4. The van der Waals surface area contributed by atoms with Gasteiger partial charge < -0.3 is 9.64 Å². The van der Waals surface area contributed by atoms with Gasteiger partial charge in [-0.05, 0) is 43.0 Å². The Morgan fingerprint density at radius 2 is 2.15 bits per heavy atom. The fourth-order valence-electron chi connectivity index (χ4n) is 4.17. The average molecular weight is 372 g/mol. The summed E-state index contributed by atoms with van der Waals surface area (Å²) < 4.78 is 5.31. The van der Waals surface area contributed by atoms with Crippen LogP contribution in [0.1, 0.15) is 29.7 Å². The van der Waals surface area contributed by atoms with Crippen LogP contribution in [-0.4, -0.2) is 46.9 Å². The molecular weight excluding hydrogens is 346 g/mol. The number of aryl methyl sites for hydroxylation is 1. The highest BCUT2D eigenvalue weighted by atomic mass is 32.1. The molecule has 0 spiro atoms. The van der Waals surface area contributed by atoms with Gasteiger partial charge in [0.05, 0.1) is 30.8 Å². The lowest BCUT2D eigenvalue weighted by molar-refractivity contribution is -0.140. The summed E-state index contributed by atoms with van der Waals surface area (Å²) in [6.07, 6.45) is 2.10. The van der Waals surface area contributed by atoms with Crippen LogP contribution in [0, 0.1) is 12.8 Å². The Hall–Kier alpha value is -1.92. The van der Waals surface area contributed by atoms with Crippen molar-refractivity contribution < 1.29 is 9.53 Å².